The van der Waals surface area contributed by atoms with Gasteiger partial charge in [-0.15, -0.1) is 0 Å². The molecule has 1 aromatic carbocycles. The molecule has 1 fully saturated rings. The third kappa shape index (κ3) is 2.99. The second-order valence-corrected chi connectivity index (χ2v) is 5.46. The maximum Gasteiger partial charge on any atom is 0.272 e. The van der Waals surface area contributed by atoms with Gasteiger partial charge >= 0.3 is 0 Å². The van der Waals surface area contributed by atoms with Crippen LogP contribution in [0.2, 0.25) is 0 Å². The van der Waals surface area contributed by atoms with Crippen LogP contribution >= 0.6 is 0 Å². The topological polar surface area (TPSA) is 58.4 Å². The minimum absolute atomic E-state index is 0.198. The van der Waals surface area contributed by atoms with Gasteiger partial charge in [0.15, 0.2) is 0 Å². The summed E-state index contributed by atoms with van der Waals surface area (Å²) in [4.78, 5) is 13.2. The normalized spacial score (nSPS) is 20.3. The molecule has 1 aromatic rings. The molecule has 2 unspecified atom stereocenters. The number of hydrogen-bond donors (Lipinski definition) is 1. The monoisotopic (exact) mass is 277 g/mol. The average Bonchev–Trinajstić information content (AvgIpc) is 2.93. The predicted octanol–water partition coefficient (Wildman–Crippen LogP) is 2.65. The SMILES string of the molecule is CCN(C1CCNC1)C(C)c1ccc(C)c([N+](=O)[O-])c1. The lowest BCUT2D eigenvalue weighted by molar-refractivity contribution is -0.385. The van der Waals surface area contributed by atoms with E-state index in [0.717, 1.165) is 37.2 Å². The van der Waals surface area contributed by atoms with E-state index in [1.165, 1.54) is 0 Å². The van der Waals surface area contributed by atoms with Crippen LogP contribution in [0.15, 0.2) is 18.2 Å². The summed E-state index contributed by atoms with van der Waals surface area (Å²) in [5, 5.41) is 14.5. The molecule has 2 rings (SSSR count). The third-order valence-corrected chi connectivity index (χ3v) is 4.28. The summed E-state index contributed by atoms with van der Waals surface area (Å²) in [5.74, 6) is 0. The van der Waals surface area contributed by atoms with Gasteiger partial charge in [0, 0.05) is 30.3 Å². The molecular formula is C15H23N3O2. The van der Waals surface area contributed by atoms with Crippen LogP contribution in [0.5, 0.6) is 0 Å². The molecule has 0 saturated carbocycles. The number of aryl methyl sites for hydroxylation is 1. The van der Waals surface area contributed by atoms with Crippen LogP contribution in [-0.2, 0) is 0 Å². The van der Waals surface area contributed by atoms with E-state index in [4.69, 9.17) is 0 Å². The molecule has 2 atom stereocenters. The number of hydrogen-bond acceptors (Lipinski definition) is 4. The average molecular weight is 277 g/mol. The van der Waals surface area contributed by atoms with Crippen molar-refractivity contribution in [3.8, 4) is 0 Å². The molecule has 1 saturated heterocycles. The largest absolute Gasteiger partial charge is 0.315 e. The second kappa shape index (κ2) is 6.33. The van der Waals surface area contributed by atoms with Crippen molar-refractivity contribution in [1.82, 2.24) is 10.2 Å². The lowest BCUT2D eigenvalue weighted by atomic mass is 10.0. The number of nitro benzene ring substituents is 1. The Balaban J connectivity index is 2.24. The van der Waals surface area contributed by atoms with Crippen molar-refractivity contribution < 1.29 is 4.92 Å². The minimum Gasteiger partial charge on any atom is -0.315 e. The summed E-state index contributed by atoms with van der Waals surface area (Å²) in [6.45, 7) is 9.09. The van der Waals surface area contributed by atoms with Crippen LogP contribution in [0.1, 0.15) is 37.4 Å². The van der Waals surface area contributed by atoms with Gasteiger partial charge in [0.25, 0.3) is 5.69 Å². The first-order chi connectivity index (χ1) is 9.54. The third-order valence-electron chi connectivity index (χ3n) is 4.28. The van der Waals surface area contributed by atoms with E-state index in [-0.39, 0.29) is 16.7 Å². The smallest absolute Gasteiger partial charge is 0.272 e. The van der Waals surface area contributed by atoms with Gasteiger partial charge in [0.05, 0.1) is 4.92 Å². The van der Waals surface area contributed by atoms with E-state index in [1.54, 1.807) is 13.0 Å². The molecule has 1 aliphatic heterocycles. The standard InChI is InChI=1S/C15H23N3O2/c1-4-17(14-7-8-16-10-14)12(3)13-6-5-11(2)15(9-13)18(19)20/h5-6,9,12,14,16H,4,7-8,10H2,1-3H3. The first kappa shape index (κ1) is 14.9. The maximum atomic E-state index is 11.1. The summed E-state index contributed by atoms with van der Waals surface area (Å²) < 4.78 is 0. The first-order valence-corrected chi connectivity index (χ1v) is 7.26. The summed E-state index contributed by atoms with van der Waals surface area (Å²) in [5.41, 5.74) is 1.96. The van der Waals surface area contributed by atoms with Crippen LogP contribution in [0.3, 0.4) is 0 Å². The van der Waals surface area contributed by atoms with Gasteiger partial charge in [-0.25, -0.2) is 0 Å². The van der Waals surface area contributed by atoms with Crippen molar-refractivity contribution in [2.45, 2.75) is 39.3 Å². The van der Waals surface area contributed by atoms with Crippen molar-refractivity contribution in [2.24, 2.45) is 0 Å². The molecule has 0 aromatic heterocycles. The molecule has 1 heterocycles. The first-order valence-electron chi connectivity index (χ1n) is 7.26. The number of rotatable bonds is 5. The molecule has 1 aliphatic rings. The van der Waals surface area contributed by atoms with Gasteiger partial charge in [0.2, 0.25) is 0 Å². The van der Waals surface area contributed by atoms with E-state index in [9.17, 15) is 10.1 Å². The van der Waals surface area contributed by atoms with E-state index < -0.39 is 0 Å². The highest BCUT2D eigenvalue weighted by Gasteiger charge is 2.26. The van der Waals surface area contributed by atoms with E-state index in [2.05, 4.69) is 24.1 Å². The second-order valence-electron chi connectivity index (χ2n) is 5.46. The zero-order valence-electron chi connectivity index (χ0n) is 12.4. The minimum atomic E-state index is -0.293. The van der Waals surface area contributed by atoms with E-state index >= 15 is 0 Å². The van der Waals surface area contributed by atoms with Gasteiger partial charge in [-0.05, 0) is 38.9 Å². The molecule has 5 nitrogen and oxygen atoms in total. The van der Waals surface area contributed by atoms with Crippen LogP contribution < -0.4 is 5.32 Å². The fraction of sp³-hybridized carbons (Fsp3) is 0.600. The molecule has 0 bridgehead atoms. The summed E-state index contributed by atoms with van der Waals surface area (Å²) in [7, 11) is 0. The van der Waals surface area contributed by atoms with Crippen LogP contribution in [0.4, 0.5) is 5.69 Å². The Morgan fingerprint density at radius 1 is 1.55 bits per heavy atom. The Kier molecular flexibility index (Phi) is 4.73. The highest BCUT2D eigenvalue weighted by Crippen LogP contribution is 2.28. The van der Waals surface area contributed by atoms with Crippen molar-refractivity contribution in [1.29, 1.82) is 0 Å². The fourth-order valence-electron chi connectivity index (χ4n) is 3.05. The van der Waals surface area contributed by atoms with Crippen molar-refractivity contribution in [2.75, 3.05) is 19.6 Å². The van der Waals surface area contributed by atoms with Gasteiger partial charge in [-0.3, -0.25) is 15.0 Å². The van der Waals surface area contributed by atoms with Crippen molar-refractivity contribution >= 4 is 5.69 Å². The zero-order chi connectivity index (χ0) is 14.7. The molecule has 110 valence electrons. The Hall–Kier alpha value is -1.46. The Bertz CT molecular complexity index is 484. The molecule has 0 radical (unpaired) electrons. The summed E-state index contributed by atoms with van der Waals surface area (Å²) in [6.07, 6.45) is 1.14. The molecule has 0 amide bonds. The maximum absolute atomic E-state index is 11.1. The Labute approximate surface area is 120 Å². The lowest BCUT2D eigenvalue weighted by Gasteiger charge is -2.33. The Morgan fingerprint density at radius 2 is 2.30 bits per heavy atom. The number of nitrogens with zero attached hydrogens (tertiary/aromatic N) is 2. The van der Waals surface area contributed by atoms with Gasteiger partial charge in [0.1, 0.15) is 0 Å². The molecular weight excluding hydrogens is 254 g/mol. The molecule has 20 heavy (non-hydrogen) atoms. The number of likely N-dealkylation sites (N-methyl/N-ethyl adjacent to an activating group) is 1. The highest BCUT2D eigenvalue weighted by atomic mass is 16.6. The number of nitrogens with one attached hydrogen (secondary N) is 1. The zero-order valence-corrected chi connectivity index (χ0v) is 12.4. The summed E-state index contributed by atoms with van der Waals surface area (Å²) >= 11 is 0. The number of nitro groups is 1. The van der Waals surface area contributed by atoms with Gasteiger partial charge < -0.3 is 5.32 Å². The van der Waals surface area contributed by atoms with Gasteiger partial charge in [-0.1, -0.05) is 19.1 Å². The molecule has 0 spiro atoms. The molecule has 1 N–H and O–H groups in total. The number of benzene rings is 1. The molecule has 0 aliphatic carbocycles. The predicted molar refractivity (Wildman–Crippen MR) is 79.9 cm³/mol. The fourth-order valence-corrected chi connectivity index (χ4v) is 3.05. The van der Waals surface area contributed by atoms with Crippen molar-refractivity contribution in [3.05, 3.63) is 39.4 Å². The Morgan fingerprint density at radius 3 is 2.85 bits per heavy atom. The van der Waals surface area contributed by atoms with Crippen LogP contribution in [0, 0.1) is 17.0 Å². The van der Waals surface area contributed by atoms with Crippen molar-refractivity contribution in [3.63, 3.8) is 0 Å². The summed E-state index contributed by atoms with van der Waals surface area (Å²) in [6, 6.07) is 6.31. The van der Waals surface area contributed by atoms with Gasteiger partial charge in [-0.2, -0.15) is 0 Å². The van der Waals surface area contributed by atoms with E-state index in [1.807, 2.05) is 12.1 Å². The quantitative estimate of drug-likeness (QED) is 0.664. The van der Waals surface area contributed by atoms with Crippen LogP contribution in [0.25, 0.3) is 0 Å². The van der Waals surface area contributed by atoms with Crippen LogP contribution in [-0.4, -0.2) is 35.5 Å². The molecule has 5 heteroatoms. The lowest BCUT2D eigenvalue weighted by Crippen LogP contribution is -2.38. The highest BCUT2D eigenvalue weighted by molar-refractivity contribution is 5.43. The van der Waals surface area contributed by atoms with E-state index in [0.29, 0.717) is 6.04 Å².